The third-order valence-corrected chi connectivity index (χ3v) is 2.74. The quantitative estimate of drug-likeness (QED) is 0.747. The van der Waals surface area contributed by atoms with Gasteiger partial charge in [-0.05, 0) is 12.8 Å². The van der Waals surface area contributed by atoms with Gasteiger partial charge in [0, 0.05) is 25.7 Å². The fraction of sp³-hybridized carbons (Fsp3) is 0.778. The minimum absolute atomic E-state index is 0.490. The van der Waals surface area contributed by atoms with Crippen molar-refractivity contribution in [3.05, 3.63) is 6.20 Å². The fourth-order valence-corrected chi connectivity index (χ4v) is 1.83. The zero-order valence-corrected chi connectivity index (χ0v) is 8.56. The lowest BCUT2D eigenvalue weighted by Gasteiger charge is -2.41. The van der Waals surface area contributed by atoms with Gasteiger partial charge in [0.1, 0.15) is 5.82 Å². The van der Waals surface area contributed by atoms with Crippen LogP contribution in [0.3, 0.4) is 0 Å². The summed E-state index contributed by atoms with van der Waals surface area (Å²) in [6.45, 7) is 4.88. The van der Waals surface area contributed by atoms with E-state index in [4.69, 9.17) is 5.73 Å². The predicted molar refractivity (Wildman–Crippen MR) is 55.1 cm³/mol. The molecule has 1 saturated heterocycles. The summed E-state index contributed by atoms with van der Waals surface area (Å²) in [6.07, 6.45) is 4.10. The average molecular weight is 195 g/mol. The first-order valence-electron chi connectivity index (χ1n) is 5.22. The van der Waals surface area contributed by atoms with Gasteiger partial charge in [0.15, 0.2) is 0 Å². The van der Waals surface area contributed by atoms with E-state index in [1.807, 2.05) is 10.9 Å². The molecule has 0 radical (unpaired) electrons. The van der Waals surface area contributed by atoms with Gasteiger partial charge in [-0.25, -0.2) is 4.68 Å². The lowest BCUT2D eigenvalue weighted by molar-refractivity contribution is 0.435. The number of aryl methyl sites for hydroxylation is 1. The van der Waals surface area contributed by atoms with E-state index in [1.165, 1.54) is 6.42 Å². The number of anilines is 1. The first kappa shape index (κ1) is 9.45. The molecule has 78 valence electrons. The molecule has 1 atom stereocenters. The molecule has 5 heteroatoms. The lowest BCUT2D eigenvalue weighted by atomic mass is 10.0. The van der Waals surface area contributed by atoms with Crippen LogP contribution in [-0.2, 0) is 6.54 Å². The summed E-state index contributed by atoms with van der Waals surface area (Å²) in [4.78, 5) is 2.29. The van der Waals surface area contributed by atoms with Crippen LogP contribution < -0.4 is 10.6 Å². The Kier molecular flexibility index (Phi) is 2.67. The van der Waals surface area contributed by atoms with Crippen LogP contribution in [-0.4, -0.2) is 34.1 Å². The van der Waals surface area contributed by atoms with Gasteiger partial charge < -0.3 is 10.6 Å². The summed E-state index contributed by atoms with van der Waals surface area (Å²) in [6, 6.07) is 0.490. The van der Waals surface area contributed by atoms with Crippen molar-refractivity contribution < 1.29 is 0 Å². The van der Waals surface area contributed by atoms with Crippen molar-refractivity contribution in [2.24, 2.45) is 5.73 Å². The van der Waals surface area contributed by atoms with Gasteiger partial charge >= 0.3 is 0 Å². The van der Waals surface area contributed by atoms with Crippen LogP contribution in [0.25, 0.3) is 0 Å². The highest BCUT2D eigenvalue weighted by molar-refractivity contribution is 5.41. The Morgan fingerprint density at radius 3 is 3.07 bits per heavy atom. The molecule has 0 aromatic carbocycles. The minimum atomic E-state index is 0.490. The molecule has 1 aliphatic heterocycles. The van der Waals surface area contributed by atoms with Crippen molar-refractivity contribution in [3.63, 3.8) is 0 Å². The summed E-state index contributed by atoms with van der Waals surface area (Å²) in [7, 11) is 0. The molecule has 0 saturated carbocycles. The number of hydrogen-bond acceptors (Lipinski definition) is 4. The standard InChI is InChI=1S/C9H17N5/c1-2-4-14-9(7-11-12-14)13-5-3-8(13)6-10/h7-8H,2-6,10H2,1H3. The fourth-order valence-electron chi connectivity index (χ4n) is 1.83. The van der Waals surface area contributed by atoms with Gasteiger partial charge in [0.05, 0.1) is 6.20 Å². The molecule has 1 aromatic heterocycles. The number of hydrogen-bond donors (Lipinski definition) is 1. The van der Waals surface area contributed by atoms with Crippen molar-refractivity contribution in [2.75, 3.05) is 18.0 Å². The van der Waals surface area contributed by atoms with Crippen molar-refractivity contribution in [1.29, 1.82) is 0 Å². The maximum atomic E-state index is 5.66. The highest BCUT2D eigenvalue weighted by Crippen LogP contribution is 2.24. The highest BCUT2D eigenvalue weighted by Gasteiger charge is 2.29. The molecular weight excluding hydrogens is 178 g/mol. The third kappa shape index (κ3) is 1.48. The van der Waals surface area contributed by atoms with E-state index in [-0.39, 0.29) is 0 Å². The smallest absolute Gasteiger partial charge is 0.147 e. The van der Waals surface area contributed by atoms with E-state index < -0.39 is 0 Å². The van der Waals surface area contributed by atoms with Gasteiger partial charge in [0.25, 0.3) is 0 Å². The second-order valence-electron chi connectivity index (χ2n) is 3.69. The number of nitrogens with two attached hydrogens (primary N) is 1. The first-order valence-corrected chi connectivity index (χ1v) is 5.22. The molecule has 14 heavy (non-hydrogen) atoms. The molecule has 1 fully saturated rings. The van der Waals surface area contributed by atoms with Crippen molar-refractivity contribution >= 4 is 5.82 Å². The SMILES string of the molecule is CCCn1nncc1N1CCC1CN. The summed E-state index contributed by atoms with van der Waals surface area (Å²) in [5.41, 5.74) is 5.66. The number of aromatic nitrogens is 3. The van der Waals surface area contributed by atoms with Crippen LogP contribution in [0, 0.1) is 0 Å². The van der Waals surface area contributed by atoms with E-state index in [9.17, 15) is 0 Å². The van der Waals surface area contributed by atoms with Gasteiger partial charge in [-0.1, -0.05) is 12.1 Å². The monoisotopic (exact) mass is 195 g/mol. The summed E-state index contributed by atoms with van der Waals surface area (Å²) >= 11 is 0. The van der Waals surface area contributed by atoms with E-state index >= 15 is 0 Å². The van der Waals surface area contributed by atoms with Crippen LogP contribution in [0.15, 0.2) is 6.20 Å². The molecule has 1 unspecified atom stereocenters. The highest BCUT2D eigenvalue weighted by atomic mass is 15.5. The van der Waals surface area contributed by atoms with E-state index in [0.29, 0.717) is 6.04 Å². The van der Waals surface area contributed by atoms with E-state index in [1.54, 1.807) is 0 Å². The number of nitrogens with zero attached hydrogens (tertiary/aromatic N) is 4. The molecule has 0 bridgehead atoms. The zero-order valence-electron chi connectivity index (χ0n) is 8.56. The van der Waals surface area contributed by atoms with Crippen molar-refractivity contribution in [3.8, 4) is 0 Å². The molecular formula is C9H17N5. The Morgan fingerprint density at radius 2 is 2.50 bits per heavy atom. The Balaban J connectivity index is 2.11. The molecule has 0 aliphatic carbocycles. The maximum absolute atomic E-state index is 5.66. The van der Waals surface area contributed by atoms with Gasteiger partial charge in [-0.3, -0.25) is 0 Å². The number of rotatable bonds is 4. The van der Waals surface area contributed by atoms with Crippen molar-refractivity contribution in [2.45, 2.75) is 32.4 Å². The Hall–Kier alpha value is -1.10. The molecule has 1 aliphatic rings. The summed E-state index contributed by atoms with van der Waals surface area (Å²) < 4.78 is 1.96. The Labute approximate surface area is 83.9 Å². The van der Waals surface area contributed by atoms with Crippen LogP contribution in [0.1, 0.15) is 19.8 Å². The molecule has 0 spiro atoms. The second-order valence-corrected chi connectivity index (χ2v) is 3.69. The molecule has 2 heterocycles. The van der Waals surface area contributed by atoms with E-state index in [2.05, 4.69) is 22.1 Å². The summed E-state index contributed by atoms with van der Waals surface area (Å²) in [5, 5.41) is 8.00. The zero-order chi connectivity index (χ0) is 9.97. The van der Waals surface area contributed by atoms with Gasteiger partial charge in [-0.15, -0.1) is 5.10 Å². The molecule has 2 N–H and O–H groups in total. The Bertz CT molecular complexity index is 293. The lowest BCUT2D eigenvalue weighted by Crippen LogP contribution is -2.52. The topological polar surface area (TPSA) is 60.0 Å². The van der Waals surface area contributed by atoms with Gasteiger partial charge in [-0.2, -0.15) is 0 Å². The molecule has 1 aromatic rings. The predicted octanol–water partition coefficient (Wildman–Crippen LogP) is 0.225. The van der Waals surface area contributed by atoms with Crippen LogP contribution >= 0.6 is 0 Å². The van der Waals surface area contributed by atoms with Crippen LogP contribution in [0.2, 0.25) is 0 Å². The van der Waals surface area contributed by atoms with E-state index in [0.717, 1.165) is 31.9 Å². The average Bonchev–Trinajstić information content (AvgIpc) is 2.53. The molecule has 5 nitrogen and oxygen atoms in total. The van der Waals surface area contributed by atoms with Gasteiger partial charge in [0.2, 0.25) is 0 Å². The largest absolute Gasteiger partial charge is 0.351 e. The Morgan fingerprint density at radius 1 is 1.64 bits per heavy atom. The minimum Gasteiger partial charge on any atom is -0.351 e. The third-order valence-electron chi connectivity index (χ3n) is 2.74. The molecule has 2 rings (SSSR count). The second kappa shape index (κ2) is 3.96. The molecule has 0 amide bonds. The summed E-state index contributed by atoms with van der Waals surface area (Å²) in [5.74, 6) is 1.12. The maximum Gasteiger partial charge on any atom is 0.147 e. The van der Waals surface area contributed by atoms with Crippen LogP contribution in [0.5, 0.6) is 0 Å². The van der Waals surface area contributed by atoms with Crippen LogP contribution in [0.4, 0.5) is 5.82 Å². The van der Waals surface area contributed by atoms with Crippen molar-refractivity contribution in [1.82, 2.24) is 15.0 Å². The first-order chi connectivity index (χ1) is 6.86. The normalized spacial score (nSPS) is 21.0.